The first-order chi connectivity index (χ1) is 7.21. The van der Waals surface area contributed by atoms with Crippen molar-refractivity contribution in [2.24, 2.45) is 0 Å². The van der Waals surface area contributed by atoms with E-state index < -0.39 is 6.09 Å². The largest absolute Gasteiger partial charge is 0.465 e. The summed E-state index contributed by atoms with van der Waals surface area (Å²) < 4.78 is 0.885. The zero-order chi connectivity index (χ0) is 12.5. The Labute approximate surface area is 108 Å². The van der Waals surface area contributed by atoms with Crippen LogP contribution in [-0.4, -0.2) is 28.2 Å². The standard InChI is InChI=1S/C10H14BrClN2O2/c1-10(2,3)14-5-6(11)4-7(8(14)12)13-9(15)16/h4,13H,5H2,1-3H3,(H,15,16). The maximum absolute atomic E-state index is 10.6. The van der Waals surface area contributed by atoms with Crippen molar-refractivity contribution in [3.63, 3.8) is 0 Å². The van der Waals surface area contributed by atoms with E-state index in [-0.39, 0.29) is 5.54 Å². The van der Waals surface area contributed by atoms with Gasteiger partial charge in [-0.1, -0.05) is 27.5 Å². The normalized spacial score (nSPS) is 17.3. The molecule has 0 bridgehead atoms. The van der Waals surface area contributed by atoms with Gasteiger partial charge in [0.15, 0.2) is 0 Å². The van der Waals surface area contributed by atoms with Gasteiger partial charge in [0.25, 0.3) is 0 Å². The number of allylic oxidation sites excluding steroid dienone is 1. The highest BCUT2D eigenvalue weighted by Crippen LogP contribution is 2.31. The summed E-state index contributed by atoms with van der Waals surface area (Å²) in [6, 6.07) is 0. The first kappa shape index (κ1) is 13.4. The highest BCUT2D eigenvalue weighted by atomic mass is 79.9. The van der Waals surface area contributed by atoms with Crippen LogP contribution in [0.25, 0.3) is 0 Å². The number of carboxylic acid groups (broad SMARTS) is 1. The van der Waals surface area contributed by atoms with Crippen LogP contribution < -0.4 is 5.32 Å². The fraction of sp³-hybridized carbons (Fsp3) is 0.500. The summed E-state index contributed by atoms with van der Waals surface area (Å²) in [5, 5.41) is 11.4. The lowest BCUT2D eigenvalue weighted by Gasteiger charge is -2.39. The van der Waals surface area contributed by atoms with Crippen LogP contribution >= 0.6 is 27.5 Å². The van der Waals surface area contributed by atoms with Crippen molar-refractivity contribution in [1.29, 1.82) is 0 Å². The van der Waals surface area contributed by atoms with Gasteiger partial charge in [-0.2, -0.15) is 0 Å². The Bertz CT molecular complexity index is 372. The molecule has 16 heavy (non-hydrogen) atoms. The molecule has 0 aromatic rings. The molecule has 0 spiro atoms. The van der Waals surface area contributed by atoms with Gasteiger partial charge < -0.3 is 10.0 Å². The first-order valence-electron chi connectivity index (χ1n) is 4.75. The van der Waals surface area contributed by atoms with Crippen molar-refractivity contribution >= 4 is 33.6 Å². The minimum absolute atomic E-state index is 0.171. The Morgan fingerprint density at radius 3 is 2.62 bits per heavy atom. The Morgan fingerprint density at radius 2 is 2.19 bits per heavy atom. The number of amides is 1. The molecule has 90 valence electrons. The summed E-state index contributed by atoms with van der Waals surface area (Å²) in [6.07, 6.45) is 0.555. The summed E-state index contributed by atoms with van der Waals surface area (Å²) in [6.45, 7) is 6.67. The average Bonchev–Trinajstić information content (AvgIpc) is 2.07. The number of nitrogens with zero attached hydrogens (tertiary/aromatic N) is 1. The van der Waals surface area contributed by atoms with Crippen molar-refractivity contribution in [2.75, 3.05) is 6.54 Å². The maximum atomic E-state index is 10.6. The van der Waals surface area contributed by atoms with Gasteiger partial charge >= 0.3 is 6.09 Å². The number of nitrogens with one attached hydrogen (secondary N) is 1. The molecule has 4 nitrogen and oxygen atoms in total. The third-order valence-electron chi connectivity index (χ3n) is 2.12. The molecule has 6 heteroatoms. The van der Waals surface area contributed by atoms with Gasteiger partial charge in [0, 0.05) is 10.0 Å². The third-order valence-corrected chi connectivity index (χ3v) is 3.01. The van der Waals surface area contributed by atoms with E-state index in [2.05, 4.69) is 21.2 Å². The number of rotatable bonds is 1. The highest BCUT2D eigenvalue weighted by Gasteiger charge is 2.28. The Kier molecular flexibility index (Phi) is 3.91. The second kappa shape index (κ2) is 4.67. The predicted molar refractivity (Wildman–Crippen MR) is 67.5 cm³/mol. The fourth-order valence-corrected chi connectivity index (χ4v) is 2.26. The molecule has 0 saturated carbocycles. The van der Waals surface area contributed by atoms with E-state index in [4.69, 9.17) is 16.7 Å². The van der Waals surface area contributed by atoms with Crippen LogP contribution in [0.1, 0.15) is 20.8 Å². The van der Waals surface area contributed by atoms with Crippen molar-refractivity contribution in [1.82, 2.24) is 10.2 Å². The molecule has 1 aliphatic rings. The Morgan fingerprint density at radius 1 is 1.62 bits per heavy atom. The molecule has 0 fully saturated rings. The molecule has 2 N–H and O–H groups in total. The number of hydrogen-bond acceptors (Lipinski definition) is 2. The predicted octanol–water partition coefficient (Wildman–Crippen LogP) is 3.05. The summed E-state index contributed by atoms with van der Waals surface area (Å²) in [5.74, 6) is 0. The van der Waals surface area contributed by atoms with Gasteiger partial charge in [0.1, 0.15) is 5.16 Å². The molecule has 0 atom stereocenters. The molecule has 0 aromatic heterocycles. The number of halogens is 2. The van der Waals surface area contributed by atoms with Crippen LogP contribution in [-0.2, 0) is 0 Å². The maximum Gasteiger partial charge on any atom is 0.409 e. The zero-order valence-corrected chi connectivity index (χ0v) is 11.7. The van der Waals surface area contributed by atoms with Crippen molar-refractivity contribution in [3.8, 4) is 0 Å². The molecule has 1 rings (SSSR count). The quantitative estimate of drug-likeness (QED) is 0.732. The second-order valence-corrected chi connectivity index (χ2v) is 5.86. The summed E-state index contributed by atoms with van der Waals surface area (Å²) in [5.41, 5.74) is 0.220. The summed E-state index contributed by atoms with van der Waals surface area (Å²) in [7, 11) is 0. The van der Waals surface area contributed by atoms with Gasteiger partial charge in [-0.15, -0.1) is 0 Å². The molecular weight excluding hydrogens is 295 g/mol. The molecule has 1 amide bonds. The number of carbonyl (C=O) groups is 1. The molecule has 0 aromatic carbocycles. The van der Waals surface area contributed by atoms with E-state index >= 15 is 0 Å². The lowest BCUT2D eigenvalue weighted by molar-refractivity contribution is 0.194. The van der Waals surface area contributed by atoms with Gasteiger partial charge in [-0.05, 0) is 26.8 Å². The Balaban J connectivity index is 3.07. The van der Waals surface area contributed by atoms with Gasteiger partial charge in [0.2, 0.25) is 0 Å². The van der Waals surface area contributed by atoms with Crippen molar-refractivity contribution in [2.45, 2.75) is 26.3 Å². The highest BCUT2D eigenvalue weighted by molar-refractivity contribution is 9.11. The lowest BCUT2D eigenvalue weighted by Crippen LogP contribution is -2.43. The van der Waals surface area contributed by atoms with E-state index in [9.17, 15) is 4.79 Å². The molecule has 1 aliphatic heterocycles. The Hall–Kier alpha value is -0.680. The van der Waals surface area contributed by atoms with Gasteiger partial charge in [-0.3, -0.25) is 5.32 Å². The molecule has 0 aliphatic carbocycles. The van der Waals surface area contributed by atoms with E-state index in [1.807, 2.05) is 25.7 Å². The fourth-order valence-electron chi connectivity index (χ4n) is 1.36. The average molecular weight is 310 g/mol. The van der Waals surface area contributed by atoms with E-state index in [1.165, 1.54) is 0 Å². The van der Waals surface area contributed by atoms with Crippen LogP contribution in [0.3, 0.4) is 0 Å². The van der Waals surface area contributed by atoms with Crippen molar-refractivity contribution in [3.05, 3.63) is 21.4 Å². The van der Waals surface area contributed by atoms with E-state index in [0.717, 1.165) is 4.48 Å². The van der Waals surface area contributed by atoms with Crippen LogP contribution in [0.2, 0.25) is 0 Å². The van der Waals surface area contributed by atoms with E-state index in [0.29, 0.717) is 17.4 Å². The van der Waals surface area contributed by atoms with E-state index in [1.54, 1.807) is 6.08 Å². The van der Waals surface area contributed by atoms with Gasteiger partial charge in [0.05, 0.1) is 12.2 Å². The topological polar surface area (TPSA) is 52.6 Å². The van der Waals surface area contributed by atoms with Crippen LogP contribution in [0.5, 0.6) is 0 Å². The molecule has 1 heterocycles. The minimum Gasteiger partial charge on any atom is -0.465 e. The third kappa shape index (κ3) is 3.15. The van der Waals surface area contributed by atoms with Crippen LogP contribution in [0.4, 0.5) is 4.79 Å². The zero-order valence-electron chi connectivity index (χ0n) is 9.34. The van der Waals surface area contributed by atoms with Crippen LogP contribution in [0, 0.1) is 0 Å². The smallest absolute Gasteiger partial charge is 0.409 e. The van der Waals surface area contributed by atoms with Crippen molar-refractivity contribution < 1.29 is 9.90 Å². The molecule has 0 radical (unpaired) electrons. The lowest BCUT2D eigenvalue weighted by atomic mass is 10.1. The molecule has 0 unspecified atom stereocenters. The minimum atomic E-state index is -1.12. The molecule has 0 saturated heterocycles. The summed E-state index contributed by atoms with van der Waals surface area (Å²) in [4.78, 5) is 12.5. The SMILES string of the molecule is CC(C)(C)N1CC(Br)=CC(NC(=O)O)=C1Cl. The summed E-state index contributed by atoms with van der Waals surface area (Å²) >= 11 is 9.53. The molecular formula is C10H14BrClN2O2. The van der Waals surface area contributed by atoms with Gasteiger partial charge in [-0.25, -0.2) is 4.79 Å². The monoisotopic (exact) mass is 308 g/mol. The van der Waals surface area contributed by atoms with Crippen LogP contribution in [0.15, 0.2) is 21.4 Å². The first-order valence-corrected chi connectivity index (χ1v) is 5.92. The number of hydrogen-bond donors (Lipinski definition) is 2. The second-order valence-electron chi connectivity index (χ2n) is 4.48.